The molecule has 2 aliphatic rings. The molecule has 0 radical (unpaired) electrons. The van der Waals surface area contributed by atoms with Crippen molar-refractivity contribution < 1.29 is 19.2 Å². The van der Waals surface area contributed by atoms with Gasteiger partial charge in [0.2, 0.25) is 0 Å². The molecule has 0 saturated carbocycles. The van der Waals surface area contributed by atoms with E-state index in [1.54, 1.807) is 0 Å². The van der Waals surface area contributed by atoms with Crippen LogP contribution in [0, 0.1) is 11.8 Å². The van der Waals surface area contributed by atoms with Crippen LogP contribution in [0.4, 0.5) is 0 Å². The van der Waals surface area contributed by atoms with E-state index in [9.17, 15) is 19.2 Å². The van der Waals surface area contributed by atoms with Crippen LogP contribution in [0.1, 0.15) is 120 Å². The number of halogens is 2. The summed E-state index contributed by atoms with van der Waals surface area (Å²) in [5.41, 5.74) is 2.08. The number of imide groups is 2. The summed E-state index contributed by atoms with van der Waals surface area (Å²) < 4.78 is 1.48. The largest absolute Gasteiger partial charge is 0.274 e. The van der Waals surface area contributed by atoms with Gasteiger partial charge in [-0.25, -0.2) is 0 Å². The number of hydrogen-bond donors (Lipinski definition) is 0. The molecule has 0 atom stereocenters. The van der Waals surface area contributed by atoms with Crippen LogP contribution in [0.2, 0.25) is 0 Å². The molecule has 7 rings (SSSR count). The van der Waals surface area contributed by atoms with E-state index in [2.05, 4.69) is 59.6 Å². The van der Waals surface area contributed by atoms with Crippen molar-refractivity contribution in [1.82, 2.24) is 9.80 Å². The fourth-order valence-corrected chi connectivity index (χ4v) is 9.63. The molecule has 5 aromatic rings. The van der Waals surface area contributed by atoms with E-state index in [1.165, 1.54) is 9.80 Å². The van der Waals surface area contributed by atoms with E-state index < -0.39 is 0 Å². The summed E-state index contributed by atoms with van der Waals surface area (Å²) in [6, 6.07) is 11.3. The lowest BCUT2D eigenvalue weighted by atomic mass is 9.82. The first-order valence-corrected chi connectivity index (χ1v) is 19.1. The molecular weight excluding hydrogens is 732 g/mol. The highest BCUT2D eigenvalue weighted by molar-refractivity contribution is 9.11. The summed E-state index contributed by atoms with van der Waals surface area (Å²) in [7, 11) is 0. The van der Waals surface area contributed by atoms with Crippen LogP contribution >= 0.6 is 31.9 Å². The summed E-state index contributed by atoms with van der Waals surface area (Å²) in [5, 5.41) is 6.46. The normalized spacial score (nSPS) is 14.9. The Morgan fingerprint density at radius 1 is 0.500 bits per heavy atom. The van der Waals surface area contributed by atoms with Crippen LogP contribution in [-0.2, 0) is 0 Å². The lowest BCUT2D eigenvalue weighted by Gasteiger charge is -2.31. The average Bonchev–Trinajstić information content (AvgIpc) is 3.09. The third-order valence-electron chi connectivity index (χ3n) is 11.2. The zero-order valence-corrected chi connectivity index (χ0v) is 31.1. The topological polar surface area (TPSA) is 74.8 Å². The Morgan fingerprint density at radius 3 is 1.21 bits per heavy atom. The number of amides is 4. The van der Waals surface area contributed by atoms with Crippen LogP contribution in [0.15, 0.2) is 45.3 Å². The molecule has 0 aromatic heterocycles. The standard InChI is InChI=1S/C40H40Br2N2O4/c1-5-21(6-2)11-9-17-43-37(45)25-15-13-23-34-30(42)20-28-32-26(38(46)44(40(28)48)18-10-12-22(7-3)8-4)16-14-24(36(32)34)33-29(41)19-27(39(43)47)31(25)35(23)33/h13-16,19-22H,5-12,17-18H2,1-4H3. The Balaban J connectivity index is 1.38. The molecule has 48 heavy (non-hydrogen) atoms. The summed E-state index contributed by atoms with van der Waals surface area (Å²) in [4.78, 5) is 58.7. The molecule has 2 aliphatic heterocycles. The molecule has 5 aromatic carbocycles. The van der Waals surface area contributed by atoms with Crippen LogP contribution in [0.3, 0.4) is 0 Å². The Hall–Kier alpha value is -3.36. The monoisotopic (exact) mass is 770 g/mol. The van der Waals surface area contributed by atoms with E-state index >= 15 is 0 Å². The van der Waals surface area contributed by atoms with Gasteiger partial charge in [0, 0.05) is 76.6 Å². The van der Waals surface area contributed by atoms with Crippen LogP contribution in [-0.4, -0.2) is 46.5 Å². The van der Waals surface area contributed by atoms with E-state index in [-0.39, 0.29) is 23.6 Å². The van der Waals surface area contributed by atoms with E-state index in [0.29, 0.717) is 58.0 Å². The second-order valence-corrected chi connectivity index (χ2v) is 15.3. The highest BCUT2D eigenvalue weighted by Crippen LogP contribution is 2.50. The zero-order valence-electron chi connectivity index (χ0n) is 28.0. The van der Waals surface area contributed by atoms with Crippen molar-refractivity contribution in [3.05, 3.63) is 67.6 Å². The molecule has 248 valence electrons. The molecule has 0 N–H and O–H groups in total. The maximum atomic E-state index is 14.0. The Kier molecular flexibility index (Phi) is 8.86. The lowest BCUT2D eigenvalue weighted by molar-refractivity contribution is 0.0590. The van der Waals surface area contributed by atoms with Gasteiger partial charge in [-0.2, -0.15) is 0 Å². The van der Waals surface area contributed by atoms with E-state index in [4.69, 9.17) is 0 Å². The van der Waals surface area contributed by atoms with Gasteiger partial charge in [-0.15, -0.1) is 0 Å². The van der Waals surface area contributed by atoms with Crippen molar-refractivity contribution in [2.45, 2.75) is 79.1 Å². The Labute approximate surface area is 297 Å². The second-order valence-electron chi connectivity index (χ2n) is 13.6. The third kappa shape index (κ3) is 4.92. The predicted octanol–water partition coefficient (Wildman–Crippen LogP) is 10.9. The highest BCUT2D eigenvalue weighted by atomic mass is 79.9. The van der Waals surface area contributed by atoms with Gasteiger partial charge in [0.15, 0.2) is 0 Å². The van der Waals surface area contributed by atoms with Gasteiger partial charge in [0.1, 0.15) is 0 Å². The molecule has 6 nitrogen and oxygen atoms in total. The SMILES string of the molecule is CCC(CC)CCCN1C(=O)c2ccc3c4c(Br)cc5c6c(ccc(c7c(Br)cc(c2c37)C1=O)c64)C(=O)N(CCCC(CC)CC)C5=O. The van der Waals surface area contributed by atoms with Crippen molar-refractivity contribution in [3.8, 4) is 0 Å². The number of hydrogen-bond acceptors (Lipinski definition) is 4. The Bertz CT molecular complexity index is 2010. The average molecular weight is 773 g/mol. The lowest BCUT2D eigenvalue weighted by Crippen LogP contribution is -2.41. The van der Waals surface area contributed by atoms with E-state index in [1.807, 2.05) is 36.4 Å². The van der Waals surface area contributed by atoms with Crippen LogP contribution in [0.25, 0.3) is 43.1 Å². The van der Waals surface area contributed by atoms with Crippen molar-refractivity contribution in [3.63, 3.8) is 0 Å². The summed E-state index contributed by atoms with van der Waals surface area (Å²) in [6.07, 6.45) is 7.87. The smallest absolute Gasteiger partial charge is 0.261 e. The minimum atomic E-state index is -0.267. The van der Waals surface area contributed by atoms with Gasteiger partial charge in [0.05, 0.1) is 0 Å². The van der Waals surface area contributed by atoms with Gasteiger partial charge in [-0.1, -0.05) is 97.4 Å². The molecule has 0 fully saturated rings. The van der Waals surface area contributed by atoms with Gasteiger partial charge in [-0.3, -0.25) is 29.0 Å². The van der Waals surface area contributed by atoms with Crippen LogP contribution in [0.5, 0.6) is 0 Å². The quantitative estimate of drug-likeness (QED) is 0.0719. The van der Waals surface area contributed by atoms with Crippen molar-refractivity contribution in [1.29, 1.82) is 0 Å². The second kappa shape index (κ2) is 12.8. The molecule has 0 spiro atoms. The van der Waals surface area contributed by atoms with E-state index in [0.717, 1.165) is 92.6 Å². The maximum absolute atomic E-state index is 14.0. The molecule has 0 bridgehead atoms. The predicted molar refractivity (Wildman–Crippen MR) is 200 cm³/mol. The van der Waals surface area contributed by atoms with Crippen molar-refractivity contribution in [2.24, 2.45) is 11.8 Å². The fourth-order valence-electron chi connectivity index (χ4n) is 8.34. The fraction of sp³-hybridized carbons (Fsp3) is 0.400. The summed E-state index contributed by atoms with van der Waals surface area (Å²) in [6.45, 7) is 9.53. The number of carbonyl (C=O) groups is 4. The molecule has 0 unspecified atom stereocenters. The molecule has 2 heterocycles. The maximum Gasteiger partial charge on any atom is 0.261 e. The number of benzene rings is 5. The number of carbonyl (C=O) groups excluding carboxylic acids is 4. The number of rotatable bonds is 12. The molecule has 4 amide bonds. The van der Waals surface area contributed by atoms with Gasteiger partial charge in [-0.05, 0) is 72.6 Å². The van der Waals surface area contributed by atoms with Crippen molar-refractivity contribution in [2.75, 3.05) is 13.1 Å². The van der Waals surface area contributed by atoms with Gasteiger partial charge in [0.25, 0.3) is 23.6 Å². The summed E-state index contributed by atoms with van der Waals surface area (Å²) >= 11 is 7.64. The molecule has 8 heteroatoms. The van der Waals surface area contributed by atoms with Gasteiger partial charge < -0.3 is 0 Å². The summed E-state index contributed by atoms with van der Waals surface area (Å²) in [5.74, 6) is 0.126. The first-order valence-electron chi connectivity index (χ1n) is 17.5. The molecular formula is C40H40Br2N2O4. The minimum absolute atomic E-state index is 0.257. The Morgan fingerprint density at radius 2 is 0.854 bits per heavy atom. The third-order valence-corrected chi connectivity index (χ3v) is 12.5. The molecule has 0 saturated heterocycles. The first kappa shape index (κ1) is 33.2. The number of nitrogens with zero attached hydrogens (tertiary/aromatic N) is 2. The number of fused-ring (bicyclic) bond motifs is 2. The minimum Gasteiger partial charge on any atom is -0.274 e. The first-order chi connectivity index (χ1) is 23.2. The van der Waals surface area contributed by atoms with Crippen molar-refractivity contribution >= 4 is 98.6 Å². The van der Waals surface area contributed by atoms with Gasteiger partial charge >= 0.3 is 0 Å². The highest BCUT2D eigenvalue weighted by Gasteiger charge is 2.38. The van der Waals surface area contributed by atoms with Crippen LogP contribution < -0.4 is 0 Å². The molecule has 0 aliphatic carbocycles. The zero-order chi connectivity index (χ0) is 34.0.